The van der Waals surface area contributed by atoms with Crippen molar-refractivity contribution in [3.63, 3.8) is 0 Å². The Bertz CT molecular complexity index is 692. The molecule has 0 aliphatic rings. The second kappa shape index (κ2) is 9.30. The van der Waals surface area contributed by atoms with Crippen molar-refractivity contribution in [2.24, 2.45) is 0 Å². The molecule has 24 heavy (non-hydrogen) atoms. The summed E-state index contributed by atoms with van der Waals surface area (Å²) in [6.07, 6.45) is 5.61. The molecule has 2 aromatic rings. The maximum atomic E-state index is 5.76. The molecule has 0 aromatic heterocycles. The minimum absolute atomic E-state index is 0.433. The molecule has 0 aliphatic heterocycles. The molecule has 0 amide bonds. The maximum Gasteiger partial charge on any atom is 0.161 e. The van der Waals surface area contributed by atoms with Crippen LogP contribution in [0.2, 0.25) is 0 Å². The first kappa shape index (κ1) is 17.5. The molecule has 0 saturated heterocycles. The van der Waals surface area contributed by atoms with Gasteiger partial charge in [-0.05, 0) is 35.9 Å². The molecule has 0 saturated carbocycles. The van der Waals surface area contributed by atoms with E-state index in [-0.39, 0.29) is 0 Å². The highest BCUT2D eigenvalue weighted by Crippen LogP contribution is 2.28. The fourth-order valence-electron chi connectivity index (χ4n) is 2.12. The monoisotopic (exact) mass is 326 g/mol. The van der Waals surface area contributed by atoms with Gasteiger partial charge in [0.05, 0.1) is 14.2 Å². The van der Waals surface area contributed by atoms with E-state index in [1.807, 2.05) is 54.6 Å². The Morgan fingerprint density at radius 2 is 1.50 bits per heavy atom. The van der Waals surface area contributed by atoms with Crippen LogP contribution in [-0.4, -0.2) is 27.4 Å². The number of para-hydroxylation sites is 2. The van der Waals surface area contributed by atoms with Gasteiger partial charge in [0.1, 0.15) is 13.2 Å². The van der Waals surface area contributed by atoms with Crippen molar-refractivity contribution >= 4 is 6.08 Å². The summed E-state index contributed by atoms with van der Waals surface area (Å²) >= 11 is 0. The van der Waals surface area contributed by atoms with Crippen LogP contribution in [0.25, 0.3) is 6.08 Å². The molecule has 126 valence electrons. The van der Waals surface area contributed by atoms with Gasteiger partial charge >= 0.3 is 0 Å². The lowest BCUT2D eigenvalue weighted by atomic mass is 10.2. The molecule has 4 nitrogen and oxygen atoms in total. The van der Waals surface area contributed by atoms with Crippen LogP contribution in [0.5, 0.6) is 23.0 Å². The molecule has 4 heteroatoms. The summed E-state index contributed by atoms with van der Waals surface area (Å²) in [4.78, 5) is 0. The smallest absolute Gasteiger partial charge is 0.161 e. The van der Waals surface area contributed by atoms with Crippen molar-refractivity contribution in [1.29, 1.82) is 0 Å². The fourth-order valence-corrected chi connectivity index (χ4v) is 2.12. The van der Waals surface area contributed by atoms with Crippen LogP contribution in [0.3, 0.4) is 0 Å². The van der Waals surface area contributed by atoms with Gasteiger partial charge in [-0.2, -0.15) is 0 Å². The number of benzene rings is 2. The Balaban J connectivity index is 1.97. The van der Waals surface area contributed by atoms with E-state index < -0.39 is 0 Å². The quantitative estimate of drug-likeness (QED) is 0.642. The molecule has 0 unspecified atom stereocenters. The molecule has 0 spiro atoms. The minimum Gasteiger partial charge on any atom is -0.493 e. The lowest BCUT2D eigenvalue weighted by Crippen LogP contribution is -1.99. The van der Waals surface area contributed by atoms with Gasteiger partial charge in [0.15, 0.2) is 23.0 Å². The third-order valence-electron chi connectivity index (χ3n) is 3.26. The highest BCUT2D eigenvalue weighted by atomic mass is 16.5. The van der Waals surface area contributed by atoms with Crippen LogP contribution < -0.4 is 18.9 Å². The van der Waals surface area contributed by atoms with Crippen molar-refractivity contribution in [3.8, 4) is 23.0 Å². The van der Waals surface area contributed by atoms with E-state index in [9.17, 15) is 0 Å². The number of ether oxygens (including phenoxy) is 4. The van der Waals surface area contributed by atoms with Crippen LogP contribution in [0.4, 0.5) is 0 Å². The normalized spacial score (nSPS) is 10.4. The summed E-state index contributed by atoms with van der Waals surface area (Å²) in [5.41, 5.74) is 1.01. The van der Waals surface area contributed by atoms with Gasteiger partial charge < -0.3 is 18.9 Å². The third-order valence-corrected chi connectivity index (χ3v) is 3.26. The van der Waals surface area contributed by atoms with Gasteiger partial charge in [0, 0.05) is 0 Å². The highest BCUT2D eigenvalue weighted by Gasteiger charge is 2.03. The molecule has 0 radical (unpaired) electrons. The minimum atomic E-state index is 0.433. The molecule has 0 bridgehead atoms. The first-order valence-corrected chi connectivity index (χ1v) is 7.62. The Kier molecular flexibility index (Phi) is 6.77. The Hall–Kier alpha value is -2.88. The average Bonchev–Trinajstić information content (AvgIpc) is 2.64. The summed E-state index contributed by atoms with van der Waals surface area (Å²) in [5.74, 6) is 2.82. The van der Waals surface area contributed by atoms with E-state index in [4.69, 9.17) is 18.9 Å². The zero-order valence-corrected chi connectivity index (χ0v) is 14.0. The van der Waals surface area contributed by atoms with Crippen molar-refractivity contribution in [2.75, 3.05) is 27.4 Å². The van der Waals surface area contributed by atoms with Crippen LogP contribution in [0, 0.1) is 0 Å². The summed E-state index contributed by atoms with van der Waals surface area (Å²) in [6, 6.07) is 13.3. The fraction of sp³-hybridized carbons (Fsp3) is 0.200. The summed E-state index contributed by atoms with van der Waals surface area (Å²) in [6.45, 7) is 4.52. The third kappa shape index (κ3) is 4.81. The van der Waals surface area contributed by atoms with E-state index in [1.54, 1.807) is 20.3 Å². The van der Waals surface area contributed by atoms with Crippen molar-refractivity contribution < 1.29 is 18.9 Å². The predicted molar refractivity (Wildman–Crippen MR) is 96.2 cm³/mol. The van der Waals surface area contributed by atoms with Gasteiger partial charge in [0.25, 0.3) is 0 Å². The molecular weight excluding hydrogens is 304 g/mol. The first-order valence-electron chi connectivity index (χ1n) is 7.62. The summed E-state index contributed by atoms with van der Waals surface area (Å²) in [7, 11) is 3.24. The van der Waals surface area contributed by atoms with Crippen LogP contribution in [-0.2, 0) is 0 Å². The van der Waals surface area contributed by atoms with Crippen molar-refractivity contribution in [2.45, 2.75) is 0 Å². The van der Waals surface area contributed by atoms with Crippen molar-refractivity contribution in [1.82, 2.24) is 0 Å². The average molecular weight is 326 g/mol. The zero-order valence-electron chi connectivity index (χ0n) is 14.0. The molecule has 0 fully saturated rings. The van der Waals surface area contributed by atoms with E-state index in [1.165, 1.54) is 0 Å². The Labute approximate surface area is 142 Å². The molecule has 0 aliphatic carbocycles. The summed E-state index contributed by atoms with van der Waals surface area (Å²) < 4.78 is 21.8. The number of hydrogen-bond donors (Lipinski definition) is 0. The molecule has 0 heterocycles. The van der Waals surface area contributed by atoms with Crippen molar-refractivity contribution in [3.05, 3.63) is 66.8 Å². The van der Waals surface area contributed by atoms with Gasteiger partial charge in [-0.15, -0.1) is 0 Å². The van der Waals surface area contributed by atoms with Crippen LogP contribution in [0.1, 0.15) is 5.56 Å². The van der Waals surface area contributed by atoms with Gasteiger partial charge in [-0.1, -0.05) is 36.9 Å². The van der Waals surface area contributed by atoms with Gasteiger partial charge in [-0.3, -0.25) is 0 Å². The molecular formula is C20H22O4. The standard InChI is InChI=1S/C20H22O4/c1-4-13-23-18-9-5-6-10-19(18)24-14-7-8-16-11-12-17(21-2)20(15-16)22-3/h4-12,15H,1,13-14H2,2-3H3. The van der Waals surface area contributed by atoms with Gasteiger partial charge in [0.2, 0.25) is 0 Å². The van der Waals surface area contributed by atoms with E-state index in [0.29, 0.717) is 36.2 Å². The molecule has 0 N–H and O–H groups in total. The lowest BCUT2D eigenvalue weighted by molar-refractivity contribution is 0.308. The van der Waals surface area contributed by atoms with Crippen LogP contribution in [0.15, 0.2) is 61.2 Å². The second-order valence-electron chi connectivity index (χ2n) is 4.87. The molecule has 0 atom stereocenters. The lowest BCUT2D eigenvalue weighted by Gasteiger charge is -2.10. The molecule has 2 rings (SSSR count). The Morgan fingerprint density at radius 3 is 2.12 bits per heavy atom. The topological polar surface area (TPSA) is 36.9 Å². The number of hydrogen-bond acceptors (Lipinski definition) is 4. The SMILES string of the molecule is C=CCOc1ccccc1OCC=Cc1ccc(OC)c(OC)c1. The number of rotatable bonds is 9. The van der Waals surface area contributed by atoms with E-state index in [0.717, 1.165) is 5.56 Å². The summed E-state index contributed by atoms with van der Waals surface area (Å²) in [5, 5.41) is 0. The largest absolute Gasteiger partial charge is 0.493 e. The highest BCUT2D eigenvalue weighted by molar-refractivity contribution is 5.56. The van der Waals surface area contributed by atoms with Gasteiger partial charge in [-0.25, -0.2) is 0 Å². The predicted octanol–water partition coefficient (Wildman–Crippen LogP) is 4.36. The Morgan fingerprint density at radius 1 is 0.833 bits per heavy atom. The second-order valence-corrected chi connectivity index (χ2v) is 4.87. The molecule has 2 aromatic carbocycles. The van der Waals surface area contributed by atoms with E-state index >= 15 is 0 Å². The zero-order chi connectivity index (χ0) is 17.2. The van der Waals surface area contributed by atoms with E-state index in [2.05, 4.69) is 6.58 Å². The maximum absolute atomic E-state index is 5.76. The van der Waals surface area contributed by atoms with Crippen LogP contribution >= 0.6 is 0 Å². The first-order chi connectivity index (χ1) is 11.8. The number of methoxy groups -OCH3 is 2.